The minimum absolute atomic E-state index is 0.268. The molecule has 0 aromatic heterocycles. The van der Waals surface area contributed by atoms with Crippen molar-refractivity contribution in [2.45, 2.75) is 110 Å². The smallest absolute Gasteiger partial charge is 0.162 e. The Balaban J connectivity index is 2.12. The summed E-state index contributed by atoms with van der Waals surface area (Å²) >= 11 is 0. The molecule has 21 heavy (non-hydrogen) atoms. The summed E-state index contributed by atoms with van der Waals surface area (Å²) < 4.78 is 1.30. The van der Waals surface area contributed by atoms with Gasteiger partial charge in [0.15, 0.2) is 12.3 Å². The summed E-state index contributed by atoms with van der Waals surface area (Å²) in [4.78, 5) is 0. The summed E-state index contributed by atoms with van der Waals surface area (Å²) in [7, 11) is 0. The lowest BCUT2D eigenvalue weighted by Crippen LogP contribution is -2.23. The van der Waals surface area contributed by atoms with Crippen LogP contribution in [0.4, 0.5) is 0 Å². The van der Waals surface area contributed by atoms with Crippen LogP contribution in [0.3, 0.4) is 0 Å². The predicted molar refractivity (Wildman–Crippen MR) is 93.0 cm³/mol. The topological polar surface area (TPSA) is 26.1 Å². The number of hydrogen-bond donors (Lipinski definition) is 0. The second kappa shape index (κ2) is 12.1. The number of hydrogen-bond acceptors (Lipinski definition) is 1. The van der Waals surface area contributed by atoms with E-state index in [2.05, 4.69) is 13.8 Å². The van der Waals surface area contributed by atoms with Gasteiger partial charge in [-0.1, -0.05) is 71.6 Å². The molecule has 1 fully saturated rings. The molecule has 0 bridgehead atoms. The first-order valence-electron chi connectivity index (χ1n) is 9.54. The molecule has 0 saturated heterocycles. The predicted octanol–water partition coefficient (Wildman–Crippen LogP) is 6.07. The lowest BCUT2D eigenvalue weighted by atomic mass is 10.0. The second-order valence-corrected chi connectivity index (χ2v) is 7.04. The van der Waals surface area contributed by atoms with Crippen molar-refractivity contribution in [3.05, 3.63) is 5.21 Å². The molecule has 1 unspecified atom stereocenters. The van der Waals surface area contributed by atoms with E-state index < -0.39 is 0 Å². The summed E-state index contributed by atoms with van der Waals surface area (Å²) in [6, 6.07) is 0.268. The van der Waals surface area contributed by atoms with Crippen molar-refractivity contribution >= 4 is 6.21 Å². The molecule has 0 spiro atoms. The molecule has 0 aromatic carbocycles. The zero-order valence-corrected chi connectivity index (χ0v) is 14.5. The maximum atomic E-state index is 12.2. The molecular weight excluding hydrogens is 258 g/mol. The van der Waals surface area contributed by atoms with Crippen LogP contribution in [0.2, 0.25) is 0 Å². The van der Waals surface area contributed by atoms with E-state index in [4.69, 9.17) is 0 Å². The second-order valence-electron chi connectivity index (χ2n) is 7.04. The normalized spacial score (nSPS) is 19.4. The first kappa shape index (κ1) is 18.5. The van der Waals surface area contributed by atoms with Crippen LogP contribution < -0.4 is 0 Å². The molecule has 2 nitrogen and oxygen atoms in total. The number of rotatable bonds is 10. The van der Waals surface area contributed by atoms with E-state index in [-0.39, 0.29) is 6.04 Å². The summed E-state index contributed by atoms with van der Waals surface area (Å²) in [6.07, 6.45) is 19.9. The Morgan fingerprint density at radius 3 is 2.14 bits per heavy atom. The Bertz CT molecular complexity index is 267. The molecule has 0 N–H and O–H groups in total. The van der Waals surface area contributed by atoms with Crippen molar-refractivity contribution in [2.75, 3.05) is 0 Å². The lowest BCUT2D eigenvalue weighted by molar-refractivity contribution is -0.500. The van der Waals surface area contributed by atoms with Crippen molar-refractivity contribution < 1.29 is 4.74 Å². The van der Waals surface area contributed by atoms with Crippen LogP contribution in [-0.2, 0) is 0 Å². The molecule has 0 radical (unpaired) electrons. The zero-order chi connectivity index (χ0) is 15.3. The third-order valence-corrected chi connectivity index (χ3v) is 4.85. The van der Waals surface area contributed by atoms with Gasteiger partial charge in [0.25, 0.3) is 0 Å². The van der Waals surface area contributed by atoms with Gasteiger partial charge < -0.3 is 5.21 Å². The van der Waals surface area contributed by atoms with E-state index in [1.54, 1.807) is 0 Å². The van der Waals surface area contributed by atoms with Gasteiger partial charge in [-0.25, -0.2) is 4.74 Å². The van der Waals surface area contributed by atoms with Crippen molar-refractivity contribution in [3.63, 3.8) is 0 Å². The van der Waals surface area contributed by atoms with Gasteiger partial charge in [0.2, 0.25) is 0 Å². The summed E-state index contributed by atoms with van der Waals surface area (Å²) in [5.74, 6) is 0.446. The molecule has 2 heteroatoms. The third-order valence-electron chi connectivity index (χ3n) is 4.85. The lowest BCUT2D eigenvalue weighted by Gasteiger charge is -2.16. The van der Waals surface area contributed by atoms with Gasteiger partial charge in [0.05, 0.1) is 0 Å². The molecule has 0 aliphatic heterocycles. The highest BCUT2D eigenvalue weighted by atomic mass is 16.5. The van der Waals surface area contributed by atoms with Crippen LogP contribution in [0.1, 0.15) is 104 Å². The first-order chi connectivity index (χ1) is 10.2. The van der Waals surface area contributed by atoms with Gasteiger partial charge in [-0.15, -0.1) is 0 Å². The first-order valence-corrected chi connectivity index (χ1v) is 9.54. The summed E-state index contributed by atoms with van der Waals surface area (Å²) in [6.45, 7) is 4.47. The molecule has 1 aliphatic carbocycles. The molecule has 0 amide bonds. The monoisotopic (exact) mass is 295 g/mol. The average molecular weight is 296 g/mol. The van der Waals surface area contributed by atoms with E-state index >= 15 is 0 Å². The van der Waals surface area contributed by atoms with Gasteiger partial charge in [0.1, 0.15) is 0 Å². The Kier molecular flexibility index (Phi) is 10.6. The van der Waals surface area contributed by atoms with E-state index in [1.165, 1.54) is 81.8 Å². The molecule has 1 aliphatic rings. The Hall–Kier alpha value is -0.530. The van der Waals surface area contributed by atoms with Gasteiger partial charge in [-0.3, -0.25) is 0 Å². The van der Waals surface area contributed by atoms with Crippen LogP contribution in [0.15, 0.2) is 0 Å². The molecule has 124 valence electrons. The van der Waals surface area contributed by atoms with E-state index in [0.29, 0.717) is 5.92 Å². The highest BCUT2D eigenvalue weighted by Gasteiger charge is 2.18. The number of unbranched alkanes of at least 4 members (excludes halogenated alkanes) is 6. The van der Waals surface area contributed by atoms with Gasteiger partial charge in [-0.05, 0) is 19.3 Å². The van der Waals surface area contributed by atoms with Gasteiger partial charge in [-0.2, -0.15) is 0 Å². The number of nitrogens with zero attached hydrogens (tertiary/aromatic N) is 1. The molecule has 1 atom stereocenters. The van der Waals surface area contributed by atoms with Crippen LogP contribution in [0, 0.1) is 11.1 Å². The van der Waals surface area contributed by atoms with Crippen molar-refractivity contribution in [1.82, 2.24) is 0 Å². The maximum absolute atomic E-state index is 12.2. The fourth-order valence-electron chi connectivity index (χ4n) is 3.38. The van der Waals surface area contributed by atoms with Crippen LogP contribution in [-0.4, -0.2) is 17.0 Å². The Labute approximate surface area is 132 Å². The van der Waals surface area contributed by atoms with Crippen molar-refractivity contribution in [3.8, 4) is 0 Å². The minimum Gasteiger partial charge on any atom is -0.624 e. The van der Waals surface area contributed by atoms with Crippen molar-refractivity contribution in [1.29, 1.82) is 0 Å². The highest BCUT2D eigenvalue weighted by Crippen LogP contribution is 2.20. The summed E-state index contributed by atoms with van der Waals surface area (Å²) in [5, 5.41) is 12.2. The molecule has 1 rings (SSSR count). The molecule has 1 saturated carbocycles. The van der Waals surface area contributed by atoms with Crippen LogP contribution in [0.25, 0.3) is 0 Å². The highest BCUT2D eigenvalue weighted by molar-refractivity contribution is 5.54. The fraction of sp³-hybridized carbons (Fsp3) is 0.947. The molecule has 0 aromatic rings. The quantitative estimate of drug-likeness (QED) is 0.120. The number of hydroxylamine groups is 1. The SMILES string of the molecule is CCCCCCCCCC(C)C=[N+]([O-])C1CCCCCC1. The van der Waals surface area contributed by atoms with E-state index in [1.807, 2.05) is 6.21 Å². The Morgan fingerprint density at radius 2 is 1.52 bits per heavy atom. The van der Waals surface area contributed by atoms with E-state index in [0.717, 1.165) is 12.8 Å². The van der Waals surface area contributed by atoms with Gasteiger partial charge >= 0.3 is 0 Å². The fourth-order valence-corrected chi connectivity index (χ4v) is 3.38. The molecular formula is C19H37NO. The van der Waals surface area contributed by atoms with E-state index in [9.17, 15) is 5.21 Å². The Morgan fingerprint density at radius 1 is 0.952 bits per heavy atom. The van der Waals surface area contributed by atoms with Crippen molar-refractivity contribution in [2.24, 2.45) is 5.92 Å². The largest absolute Gasteiger partial charge is 0.624 e. The maximum Gasteiger partial charge on any atom is 0.162 e. The molecule has 0 heterocycles. The standard InChI is InChI=1S/C19H37NO/c1-3-4-5-6-7-8-11-14-18(2)17-20(21)19-15-12-9-10-13-16-19/h17-19H,3-16H2,1-2H3. The minimum atomic E-state index is 0.268. The third kappa shape index (κ3) is 9.16. The van der Waals surface area contributed by atoms with Crippen LogP contribution in [0.5, 0.6) is 0 Å². The average Bonchev–Trinajstić information content (AvgIpc) is 2.75. The van der Waals surface area contributed by atoms with Crippen LogP contribution >= 0.6 is 0 Å². The zero-order valence-electron chi connectivity index (χ0n) is 14.5. The summed E-state index contributed by atoms with van der Waals surface area (Å²) in [5.41, 5.74) is 0. The van der Waals surface area contributed by atoms with Gasteiger partial charge in [0, 0.05) is 18.8 Å².